The summed E-state index contributed by atoms with van der Waals surface area (Å²) in [5.41, 5.74) is 6.67. The third-order valence-corrected chi connectivity index (χ3v) is 4.65. The summed E-state index contributed by atoms with van der Waals surface area (Å²) in [4.78, 5) is 13.1. The molecule has 6 heteroatoms. The van der Waals surface area contributed by atoms with E-state index in [9.17, 15) is 10.1 Å². The van der Waals surface area contributed by atoms with Gasteiger partial charge in [-0.2, -0.15) is 0 Å². The maximum atomic E-state index is 11.2. The van der Waals surface area contributed by atoms with E-state index in [4.69, 9.17) is 17.3 Å². The molecule has 1 aliphatic rings. The summed E-state index contributed by atoms with van der Waals surface area (Å²) in [5, 5.41) is 11.6. The monoisotopic (exact) mass is 311 g/mol. The molecular weight excluding hydrogens is 290 g/mol. The minimum Gasteiger partial charge on any atom is -0.330 e. The van der Waals surface area contributed by atoms with E-state index in [2.05, 4.69) is 11.8 Å². The smallest absolute Gasteiger partial charge is 0.275 e. The summed E-state index contributed by atoms with van der Waals surface area (Å²) in [6.45, 7) is 4.21. The molecular formula is C15H22ClN3O2. The summed E-state index contributed by atoms with van der Waals surface area (Å²) in [6.07, 6.45) is 3.46. The van der Waals surface area contributed by atoms with Gasteiger partial charge in [0.2, 0.25) is 0 Å². The van der Waals surface area contributed by atoms with E-state index in [-0.39, 0.29) is 10.6 Å². The molecule has 0 aliphatic heterocycles. The highest BCUT2D eigenvalue weighted by Crippen LogP contribution is 2.32. The molecule has 0 spiro atoms. The van der Waals surface area contributed by atoms with E-state index < -0.39 is 0 Å². The van der Waals surface area contributed by atoms with Crippen LogP contribution in [0.5, 0.6) is 0 Å². The minimum atomic E-state index is -0.357. The molecule has 1 aromatic rings. The molecule has 2 N–H and O–H groups in total. The fourth-order valence-electron chi connectivity index (χ4n) is 3.30. The maximum Gasteiger partial charge on any atom is 0.275 e. The lowest BCUT2D eigenvalue weighted by Crippen LogP contribution is -2.39. The van der Waals surface area contributed by atoms with E-state index in [1.165, 1.54) is 12.5 Å². The van der Waals surface area contributed by atoms with Crippen molar-refractivity contribution in [1.29, 1.82) is 0 Å². The molecule has 116 valence electrons. The number of nitrogens with two attached hydrogens (primary N) is 1. The van der Waals surface area contributed by atoms with Crippen molar-refractivity contribution in [1.82, 2.24) is 4.90 Å². The molecule has 0 radical (unpaired) electrons. The number of nitrogens with zero attached hydrogens (tertiary/aromatic N) is 2. The average Bonchev–Trinajstić information content (AvgIpc) is 2.94. The third-order valence-electron chi connectivity index (χ3n) is 4.41. The zero-order chi connectivity index (χ0) is 15.4. The molecule has 1 aliphatic carbocycles. The van der Waals surface area contributed by atoms with Gasteiger partial charge in [0.1, 0.15) is 0 Å². The van der Waals surface area contributed by atoms with Crippen molar-refractivity contribution in [2.75, 3.05) is 13.1 Å². The van der Waals surface area contributed by atoms with Crippen molar-refractivity contribution in [2.45, 2.75) is 38.8 Å². The van der Waals surface area contributed by atoms with E-state index in [0.717, 1.165) is 19.4 Å². The van der Waals surface area contributed by atoms with Crippen LogP contribution in [0.3, 0.4) is 0 Å². The molecule has 5 nitrogen and oxygen atoms in total. The van der Waals surface area contributed by atoms with Gasteiger partial charge in [0.15, 0.2) is 0 Å². The summed E-state index contributed by atoms with van der Waals surface area (Å²) >= 11 is 5.87. The maximum absolute atomic E-state index is 11.2. The standard InChI is InChI=1S/C15H22ClN3O2/c1-2-18(14-5-3-4-11(14)9-17)10-12-6-7-13(16)8-15(12)19(20)21/h6-8,11,14H,2-5,9-10,17H2,1H3. The summed E-state index contributed by atoms with van der Waals surface area (Å²) < 4.78 is 0. The van der Waals surface area contributed by atoms with Crippen LogP contribution in [-0.4, -0.2) is 29.0 Å². The van der Waals surface area contributed by atoms with Gasteiger partial charge in [-0.15, -0.1) is 0 Å². The molecule has 0 bridgehead atoms. The van der Waals surface area contributed by atoms with Crippen molar-refractivity contribution < 1.29 is 4.92 Å². The van der Waals surface area contributed by atoms with Crippen LogP contribution in [0.4, 0.5) is 5.69 Å². The molecule has 1 aromatic carbocycles. The lowest BCUT2D eigenvalue weighted by molar-refractivity contribution is -0.385. The number of halogens is 1. The molecule has 1 fully saturated rings. The highest BCUT2D eigenvalue weighted by molar-refractivity contribution is 6.30. The Hall–Kier alpha value is -1.17. The normalized spacial score (nSPS) is 21.9. The Labute approximate surface area is 130 Å². The minimum absolute atomic E-state index is 0.100. The highest BCUT2D eigenvalue weighted by Gasteiger charge is 2.31. The van der Waals surface area contributed by atoms with Crippen LogP contribution in [0.25, 0.3) is 0 Å². The van der Waals surface area contributed by atoms with Crippen LogP contribution in [0.1, 0.15) is 31.7 Å². The predicted octanol–water partition coefficient (Wildman–Crippen LogP) is 3.20. The number of nitro benzene ring substituents is 1. The number of hydrogen-bond acceptors (Lipinski definition) is 4. The number of hydrogen-bond donors (Lipinski definition) is 1. The van der Waals surface area contributed by atoms with Gasteiger partial charge in [-0.05, 0) is 44.0 Å². The summed E-state index contributed by atoms with van der Waals surface area (Å²) in [7, 11) is 0. The van der Waals surface area contributed by atoms with Crippen LogP contribution < -0.4 is 5.73 Å². The van der Waals surface area contributed by atoms with E-state index in [0.29, 0.717) is 35.6 Å². The van der Waals surface area contributed by atoms with Crippen molar-refractivity contribution in [3.8, 4) is 0 Å². The fraction of sp³-hybridized carbons (Fsp3) is 0.600. The molecule has 1 saturated carbocycles. The van der Waals surface area contributed by atoms with E-state index >= 15 is 0 Å². The van der Waals surface area contributed by atoms with Crippen molar-refractivity contribution in [3.05, 3.63) is 38.9 Å². The van der Waals surface area contributed by atoms with Crippen LogP contribution in [0.15, 0.2) is 18.2 Å². The Morgan fingerprint density at radius 3 is 2.86 bits per heavy atom. The molecule has 2 rings (SSSR count). The second-order valence-electron chi connectivity index (χ2n) is 5.59. The highest BCUT2D eigenvalue weighted by atomic mass is 35.5. The number of benzene rings is 1. The van der Waals surface area contributed by atoms with Crippen LogP contribution in [0, 0.1) is 16.0 Å². The van der Waals surface area contributed by atoms with Crippen molar-refractivity contribution in [2.24, 2.45) is 11.7 Å². The molecule has 0 saturated heterocycles. The lowest BCUT2D eigenvalue weighted by Gasteiger charge is -2.31. The largest absolute Gasteiger partial charge is 0.330 e. The third kappa shape index (κ3) is 3.73. The van der Waals surface area contributed by atoms with E-state index in [1.807, 2.05) is 0 Å². The van der Waals surface area contributed by atoms with Gasteiger partial charge in [0.25, 0.3) is 5.69 Å². The van der Waals surface area contributed by atoms with Crippen LogP contribution in [-0.2, 0) is 6.54 Å². The first kappa shape index (κ1) is 16.2. The van der Waals surface area contributed by atoms with Gasteiger partial charge in [-0.25, -0.2) is 0 Å². The van der Waals surface area contributed by atoms with Gasteiger partial charge in [-0.3, -0.25) is 15.0 Å². The first-order valence-corrected chi connectivity index (χ1v) is 7.81. The van der Waals surface area contributed by atoms with Gasteiger partial charge in [0.05, 0.1) is 4.92 Å². The van der Waals surface area contributed by atoms with Gasteiger partial charge >= 0.3 is 0 Å². The van der Waals surface area contributed by atoms with Crippen LogP contribution >= 0.6 is 11.6 Å². The second-order valence-corrected chi connectivity index (χ2v) is 6.02. The molecule has 2 unspecified atom stereocenters. The SMILES string of the molecule is CCN(Cc1ccc(Cl)cc1[N+](=O)[O-])C1CCCC1CN. The Morgan fingerprint density at radius 1 is 1.48 bits per heavy atom. The topological polar surface area (TPSA) is 72.4 Å². The molecule has 0 amide bonds. The summed E-state index contributed by atoms with van der Waals surface area (Å²) in [5.74, 6) is 0.497. The van der Waals surface area contributed by atoms with Crippen molar-refractivity contribution >= 4 is 17.3 Å². The summed E-state index contributed by atoms with van der Waals surface area (Å²) in [6, 6.07) is 5.33. The molecule has 0 heterocycles. The zero-order valence-electron chi connectivity index (χ0n) is 12.3. The fourth-order valence-corrected chi connectivity index (χ4v) is 3.46. The Balaban J connectivity index is 2.20. The Morgan fingerprint density at radius 2 is 2.24 bits per heavy atom. The van der Waals surface area contributed by atoms with Gasteiger partial charge in [-0.1, -0.05) is 24.9 Å². The van der Waals surface area contributed by atoms with Crippen molar-refractivity contribution in [3.63, 3.8) is 0 Å². The first-order chi connectivity index (χ1) is 10.1. The molecule has 21 heavy (non-hydrogen) atoms. The molecule has 2 atom stereocenters. The quantitative estimate of drug-likeness (QED) is 0.647. The molecule has 0 aromatic heterocycles. The van der Waals surface area contributed by atoms with Gasteiger partial charge in [0, 0.05) is 29.2 Å². The average molecular weight is 312 g/mol. The Bertz CT molecular complexity index is 510. The van der Waals surface area contributed by atoms with E-state index in [1.54, 1.807) is 12.1 Å². The first-order valence-electron chi connectivity index (χ1n) is 7.43. The lowest BCUT2D eigenvalue weighted by atomic mass is 10.0. The number of rotatable bonds is 6. The predicted molar refractivity (Wildman–Crippen MR) is 84.4 cm³/mol. The van der Waals surface area contributed by atoms with Gasteiger partial charge < -0.3 is 5.73 Å². The second kappa shape index (κ2) is 7.20. The Kier molecular flexibility index (Phi) is 5.56. The number of nitro groups is 1. The zero-order valence-corrected chi connectivity index (χ0v) is 13.1. The van der Waals surface area contributed by atoms with Crippen LogP contribution in [0.2, 0.25) is 5.02 Å².